The van der Waals surface area contributed by atoms with Gasteiger partial charge in [-0.3, -0.25) is 9.59 Å². The van der Waals surface area contributed by atoms with Crippen LogP contribution in [0.25, 0.3) is 0 Å². The predicted octanol–water partition coefficient (Wildman–Crippen LogP) is 1.78. The monoisotopic (exact) mass is 371 g/mol. The van der Waals surface area contributed by atoms with Crippen LogP contribution >= 0.6 is 0 Å². The molecule has 146 valence electrons. The van der Waals surface area contributed by atoms with Crippen LogP contribution in [0.15, 0.2) is 24.3 Å². The first-order chi connectivity index (χ1) is 13.0. The van der Waals surface area contributed by atoms with Gasteiger partial charge in [0, 0.05) is 49.9 Å². The van der Waals surface area contributed by atoms with Crippen molar-refractivity contribution in [2.45, 2.75) is 44.1 Å². The molecule has 2 amide bonds. The van der Waals surface area contributed by atoms with Crippen LogP contribution in [0.3, 0.4) is 0 Å². The van der Waals surface area contributed by atoms with Crippen molar-refractivity contribution >= 4 is 17.5 Å². The molecule has 0 unspecified atom stereocenters. The lowest BCUT2D eigenvalue weighted by molar-refractivity contribution is -0.132. The third-order valence-electron chi connectivity index (χ3n) is 6.12. The first-order valence-corrected chi connectivity index (χ1v) is 10.2. The fraction of sp³-hybridized carbons (Fsp3) is 0.619. The van der Waals surface area contributed by atoms with Gasteiger partial charge in [0.05, 0.1) is 5.60 Å². The Kier molecular flexibility index (Phi) is 5.08. The molecule has 3 fully saturated rings. The molecular formula is C21H29N3O3. The highest BCUT2D eigenvalue weighted by Gasteiger charge is 2.34. The molecule has 1 aliphatic heterocycles. The van der Waals surface area contributed by atoms with Crippen LogP contribution in [-0.2, 0) is 4.79 Å². The highest BCUT2D eigenvalue weighted by atomic mass is 16.3. The van der Waals surface area contributed by atoms with E-state index in [0.717, 1.165) is 70.4 Å². The van der Waals surface area contributed by atoms with Crippen molar-refractivity contribution < 1.29 is 14.7 Å². The summed E-state index contributed by atoms with van der Waals surface area (Å²) in [6.07, 6.45) is 5.70. The second-order valence-electron chi connectivity index (χ2n) is 8.25. The van der Waals surface area contributed by atoms with Gasteiger partial charge in [-0.25, -0.2) is 0 Å². The standard InChI is InChI=1S/C21H29N3O3/c25-19(22-15-21(27)9-1-2-10-21)16-5-7-18(8-6-16)23-11-13-24(14-12-23)20(26)17-3-4-17/h5-8,17,27H,1-4,9-15H2,(H,22,25). The van der Waals surface area contributed by atoms with Gasteiger partial charge >= 0.3 is 0 Å². The van der Waals surface area contributed by atoms with Gasteiger partial charge in [0.15, 0.2) is 0 Å². The zero-order valence-corrected chi connectivity index (χ0v) is 15.8. The van der Waals surface area contributed by atoms with Gasteiger partial charge in [-0.05, 0) is 49.9 Å². The van der Waals surface area contributed by atoms with Crippen LogP contribution in [0.1, 0.15) is 48.9 Å². The Bertz CT molecular complexity index is 685. The molecule has 1 saturated heterocycles. The summed E-state index contributed by atoms with van der Waals surface area (Å²) in [5.74, 6) is 0.476. The second kappa shape index (κ2) is 7.50. The number of piperazine rings is 1. The van der Waals surface area contributed by atoms with Gasteiger partial charge in [0.2, 0.25) is 5.91 Å². The van der Waals surface area contributed by atoms with E-state index >= 15 is 0 Å². The van der Waals surface area contributed by atoms with Crippen LogP contribution < -0.4 is 10.2 Å². The molecular weight excluding hydrogens is 342 g/mol. The van der Waals surface area contributed by atoms with E-state index < -0.39 is 5.60 Å². The predicted molar refractivity (Wildman–Crippen MR) is 104 cm³/mol. The molecule has 0 spiro atoms. The molecule has 4 rings (SSSR count). The SMILES string of the molecule is O=C(NCC1(O)CCCC1)c1ccc(N2CCN(C(=O)C3CC3)CC2)cc1. The first kappa shape index (κ1) is 18.3. The maximum Gasteiger partial charge on any atom is 0.251 e. The van der Waals surface area contributed by atoms with Gasteiger partial charge in [-0.1, -0.05) is 12.8 Å². The average molecular weight is 371 g/mol. The molecule has 0 radical (unpaired) electrons. The molecule has 2 N–H and O–H groups in total. The summed E-state index contributed by atoms with van der Waals surface area (Å²) in [5, 5.41) is 13.2. The Hall–Kier alpha value is -2.08. The van der Waals surface area contributed by atoms with Gasteiger partial charge < -0.3 is 20.2 Å². The van der Waals surface area contributed by atoms with Gasteiger partial charge in [0.25, 0.3) is 5.91 Å². The maximum absolute atomic E-state index is 12.3. The van der Waals surface area contributed by atoms with Gasteiger partial charge in [-0.2, -0.15) is 0 Å². The van der Waals surface area contributed by atoms with Crippen LogP contribution in [0.2, 0.25) is 0 Å². The summed E-state index contributed by atoms with van der Waals surface area (Å²) in [6, 6.07) is 7.62. The Balaban J connectivity index is 1.28. The minimum atomic E-state index is -0.729. The van der Waals surface area contributed by atoms with Crippen LogP contribution in [0.4, 0.5) is 5.69 Å². The Morgan fingerprint density at radius 3 is 2.26 bits per heavy atom. The lowest BCUT2D eigenvalue weighted by atomic mass is 10.0. The zero-order chi connectivity index (χ0) is 18.9. The quantitative estimate of drug-likeness (QED) is 0.828. The fourth-order valence-corrected chi connectivity index (χ4v) is 4.15. The molecule has 2 aliphatic carbocycles. The minimum Gasteiger partial charge on any atom is -0.388 e. The number of aliphatic hydroxyl groups is 1. The van der Waals surface area contributed by atoms with Crippen molar-refractivity contribution in [1.82, 2.24) is 10.2 Å². The smallest absolute Gasteiger partial charge is 0.251 e. The van der Waals surface area contributed by atoms with Crippen molar-refractivity contribution in [3.8, 4) is 0 Å². The van der Waals surface area contributed by atoms with E-state index in [1.165, 1.54) is 0 Å². The molecule has 3 aliphatic rings. The van der Waals surface area contributed by atoms with E-state index in [2.05, 4.69) is 10.2 Å². The van der Waals surface area contributed by atoms with E-state index in [1.807, 2.05) is 29.2 Å². The normalized spacial score (nSPS) is 22.0. The van der Waals surface area contributed by atoms with E-state index in [-0.39, 0.29) is 11.8 Å². The summed E-state index contributed by atoms with van der Waals surface area (Å²) in [7, 11) is 0. The molecule has 1 heterocycles. The summed E-state index contributed by atoms with van der Waals surface area (Å²) in [4.78, 5) is 28.7. The maximum atomic E-state index is 12.3. The molecule has 27 heavy (non-hydrogen) atoms. The number of anilines is 1. The molecule has 2 saturated carbocycles. The number of hydrogen-bond donors (Lipinski definition) is 2. The summed E-state index contributed by atoms with van der Waals surface area (Å²) in [5.41, 5.74) is 0.968. The van der Waals surface area contributed by atoms with Crippen LogP contribution in [0.5, 0.6) is 0 Å². The second-order valence-corrected chi connectivity index (χ2v) is 8.25. The first-order valence-electron chi connectivity index (χ1n) is 10.2. The van der Waals surface area contributed by atoms with Crippen molar-refractivity contribution in [3.05, 3.63) is 29.8 Å². The number of nitrogens with zero attached hydrogens (tertiary/aromatic N) is 2. The number of hydrogen-bond acceptors (Lipinski definition) is 4. The molecule has 0 atom stereocenters. The third-order valence-corrected chi connectivity index (χ3v) is 6.12. The molecule has 1 aromatic rings. The number of rotatable bonds is 5. The van der Waals surface area contributed by atoms with E-state index in [9.17, 15) is 14.7 Å². The van der Waals surface area contributed by atoms with Crippen molar-refractivity contribution in [2.75, 3.05) is 37.6 Å². The van der Waals surface area contributed by atoms with E-state index in [1.54, 1.807) is 0 Å². The number of nitrogens with one attached hydrogen (secondary N) is 1. The molecule has 0 bridgehead atoms. The topological polar surface area (TPSA) is 72.9 Å². The Labute approximate surface area is 160 Å². The van der Waals surface area contributed by atoms with Crippen LogP contribution in [-0.4, -0.2) is 60.1 Å². The molecule has 6 heteroatoms. The number of amides is 2. The van der Waals surface area contributed by atoms with E-state index in [0.29, 0.717) is 18.0 Å². The Morgan fingerprint density at radius 1 is 1.04 bits per heavy atom. The molecule has 0 aromatic heterocycles. The van der Waals surface area contributed by atoms with Crippen LogP contribution in [0, 0.1) is 5.92 Å². The van der Waals surface area contributed by atoms with Crippen molar-refractivity contribution in [3.63, 3.8) is 0 Å². The summed E-state index contributed by atoms with van der Waals surface area (Å²) in [6.45, 7) is 3.53. The Morgan fingerprint density at radius 2 is 1.67 bits per heavy atom. The lowest BCUT2D eigenvalue weighted by Gasteiger charge is -2.36. The summed E-state index contributed by atoms with van der Waals surface area (Å²) >= 11 is 0. The largest absolute Gasteiger partial charge is 0.388 e. The molecule has 6 nitrogen and oxygen atoms in total. The zero-order valence-electron chi connectivity index (χ0n) is 15.8. The number of benzene rings is 1. The van der Waals surface area contributed by atoms with Crippen molar-refractivity contribution in [1.29, 1.82) is 0 Å². The fourth-order valence-electron chi connectivity index (χ4n) is 4.15. The van der Waals surface area contributed by atoms with Gasteiger partial charge in [0.1, 0.15) is 0 Å². The summed E-state index contributed by atoms with van der Waals surface area (Å²) < 4.78 is 0. The number of carbonyl (C=O) groups excluding carboxylic acids is 2. The highest BCUT2D eigenvalue weighted by molar-refractivity contribution is 5.94. The van der Waals surface area contributed by atoms with Crippen molar-refractivity contribution in [2.24, 2.45) is 5.92 Å². The van der Waals surface area contributed by atoms with E-state index in [4.69, 9.17) is 0 Å². The highest BCUT2D eigenvalue weighted by Crippen LogP contribution is 2.31. The number of carbonyl (C=O) groups is 2. The average Bonchev–Trinajstić information content (AvgIpc) is 3.47. The minimum absolute atomic E-state index is 0.137. The third kappa shape index (κ3) is 4.26. The molecule has 1 aromatic carbocycles. The van der Waals surface area contributed by atoms with Gasteiger partial charge in [-0.15, -0.1) is 0 Å². The lowest BCUT2D eigenvalue weighted by Crippen LogP contribution is -2.49.